The Morgan fingerprint density at radius 3 is 3.17 bits per heavy atom. The van der Waals surface area contributed by atoms with E-state index in [1.54, 1.807) is 4.68 Å². The molecule has 0 fully saturated rings. The van der Waals surface area contributed by atoms with Gasteiger partial charge in [0.1, 0.15) is 0 Å². The van der Waals surface area contributed by atoms with Gasteiger partial charge in [-0.25, -0.2) is 0 Å². The quantitative estimate of drug-likeness (QED) is 0.618. The summed E-state index contributed by atoms with van der Waals surface area (Å²) < 4.78 is 1.74. The molecule has 0 saturated heterocycles. The molecule has 1 aromatic rings. The van der Waals surface area contributed by atoms with Crippen LogP contribution in [0.15, 0.2) is 6.20 Å². The monoisotopic (exact) mass is 170 g/mol. The van der Waals surface area contributed by atoms with E-state index in [4.69, 9.17) is 5.11 Å². The molecule has 0 saturated carbocycles. The van der Waals surface area contributed by atoms with Gasteiger partial charge in [-0.1, -0.05) is 5.21 Å². The Kier molecular flexibility index (Phi) is 3.69. The minimum atomic E-state index is 0.196. The van der Waals surface area contributed by atoms with E-state index in [1.165, 1.54) is 0 Å². The molecule has 12 heavy (non-hydrogen) atoms. The van der Waals surface area contributed by atoms with E-state index in [-0.39, 0.29) is 6.61 Å². The molecule has 0 aromatic carbocycles. The molecule has 0 bridgehead atoms. The van der Waals surface area contributed by atoms with E-state index < -0.39 is 0 Å². The maximum absolute atomic E-state index is 8.56. The van der Waals surface area contributed by atoms with Gasteiger partial charge >= 0.3 is 0 Å². The number of nitrogens with zero attached hydrogens (tertiary/aromatic N) is 3. The van der Waals surface area contributed by atoms with Crippen molar-refractivity contribution in [3.05, 3.63) is 11.9 Å². The summed E-state index contributed by atoms with van der Waals surface area (Å²) in [7, 11) is 1.87. The topological polar surface area (TPSA) is 63.0 Å². The summed E-state index contributed by atoms with van der Waals surface area (Å²) in [6.07, 6.45) is 2.61. The van der Waals surface area contributed by atoms with Gasteiger partial charge in [-0.15, -0.1) is 5.10 Å². The first-order valence-corrected chi connectivity index (χ1v) is 4.01. The Morgan fingerprint density at radius 1 is 1.67 bits per heavy atom. The van der Waals surface area contributed by atoms with Gasteiger partial charge in [0.25, 0.3) is 0 Å². The molecule has 0 spiro atoms. The molecule has 0 atom stereocenters. The van der Waals surface area contributed by atoms with Gasteiger partial charge in [0.2, 0.25) is 0 Å². The fourth-order valence-electron chi connectivity index (χ4n) is 0.943. The number of hydrogen-bond acceptors (Lipinski definition) is 4. The number of hydrogen-bond donors (Lipinski definition) is 2. The van der Waals surface area contributed by atoms with Gasteiger partial charge in [0.05, 0.1) is 5.69 Å². The van der Waals surface area contributed by atoms with Gasteiger partial charge in [0, 0.05) is 25.9 Å². The molecular weight excluding hydrogens is 156 g/mol. The smallest absolute Gasteiger partial charge is 0.0964 e. The Morgan fingerprint density at radius 2 is 2.50 bits per heavy atom. The van der Waals surface area contributed by atoms with Crippen LogP contribution < -0.4 is 5.32 Å². The highest BCUT2D eigenvalue weighted by Crippen LogP contribution is 1.93. The highest BCUT2D eigenvalue weighted by atomic mass is 16.3. The third kappa shape index (κ3) is 2.60. The lowest BCUT2D eigenvalue weighted by atomic mass is 10.4. The number of aliphatic hydroxyl groups excluding tert-OH is 1. The van der Waals surface area contributed by atoms with Gasteiger partial charge in [0.15, 0.2) is 0 Å². The summed E-state index contributed by atoms with van der Waals surface area (Å²) >= 11 is 0. The second-order valence-electron chi connectivity index (χ2n) is 2.58. The first-order chi connectivity index (χ1) is 5.86. The van der Waals surface area contributed by atoms with E-state index in [9.17, 15) is 0 Å². The molecule has 0 amide bonds. The van der Waals surface area contributed by atoms with Gasteiger partial charge < -0.3 is 10.4 Å². The van der Waals surface area contributed by atoms with Crippen molar-refractivity contribution in [3.63, 3.8) is 0 Å². The molecule has 2 N–H and O–H groups in total. The number of aliphatic hydroxyl groups is 1. The third-order valence-corrected chi connectivity index (χ3v) is 1.49. The lowest BCUT2D eigenvalue weighted by Gasteiger charge is -1.95. The molecule has 0 unspecified atom stereocenters. The van der Waals surface area contributed by atoms with Crippen LogP contribution in [0.4, 0.5) is 0 Å². The molecule has 5 nitrogen and oxygen atoms in total. The second-order valence-corrected chi connectivity index (χ2v) is 2.58. The van der Waals surface area contributed by atoms with Crippen molar-refractivity contribution in [2.45, 2.75) is 19.5 Å². The second kappa shape index (κ2) is 4.84. The molecule has 1 heterocycles. The lowest BCUT2D eigenvalue weighted by molar-refractivity contribution is 0.276. The van der Waals surface area contributed by atoms with Crippen molar-refractivity contribution in [2.24, 2.45) is 0 Å². The van der Waals surface area contributed by atoms with Crippen molar-refractivity contribution < 1.29 is 5.11 Å². The van der Waals surface area contributed by atoms with Crippen molar-refractivity contribution in [2.75, 3.05) is 13.7 Å². The summed E-state index contributed by atoms with van der Waals surface area (Å²) in [5, 5.41) is 19.4. The molecule has 0 aliphatic carbocycles. The summed E-state index contributed by atoms with van der Waals surface area (Å²) in [5.41, 5.74) is 0.926. The molecule has 1 rings (SSSR count). The minimum Gasteiger partial charge on any atom is -0.396 e. The summed E-state index contributed by atoms with van der Waals surface area (Å²) in [4.78, 5) is 0. The molecule has 1 aromatic heterocycles. The van der Waals surface area contributed by atoms with Crippen LogP contribution >= 0.6 is 0 Å². The standard InChI is InChI=1S/C7H14N4O/c1-8-5-7-6-11(10-9-7)3-2-4-12/h6,8,12H,2-5H2,1H3. The van der Waals surface area contributed by atoms with E-state index in [1.807, 2.05) is 13.2 Å². The van der Waals surface area contributed by atoms with Crippen molar-refractivity contribution in [3.8, 4) is 0 Å². The summed E-state index contributed by atoms with van der Waals surface area (Å²) in [6.45, 7) is 1.66. The molecule has 68 valence electrons. The molecule has 0 aliphatic heterocycles. The first-order valence-electron chi connectivity index (χ1n) is 4.01. The Bertz CT molecular complexity index is 223. The van der Waals surface area contributed by atoms with Crippen LogP contribution in [0, 0.1) is 0 Å². The van der Waals surface area contributed by atoms with Gasteiger partial charge in [-0.05, 0) is 13.5 Å². The van der Waals surface area contributed by atoms with Crippen molar-refractivity contribution in [1.29, 1.82) is 0 Å². The zero-order valence-corrected chi connectivity index (χ0v) is 7.19. The van der Waals surface area contributed by atoms with Crippen LogP contribution in [0.5, 0.6) is 0 Å². The molecule has 5 heteroatoms. The highest BCUT2D eigenvalue weighted by molar-refractivity contribution is 4.90. The molecule has 0 aliphatic rings. The number of rotatable bonds is 5. The van der Waals surface area contributed by atoms with Gasteiger partial charge in [-0.3, -0.25) is 4.68 Å². The fraction of sp³-hybridized carbons (Fsp3) is 0.714. The number of aryl methyl sites for hydroxylation is 1. The normalized spacial score (nSPS) is 10.5. The average molecular weight is 170 g/mol. The zero-order chi connectivity index (χ0) is 8.81. The predicted molar refractivity (Wildman–Crippen MR) is 44.5 cm³/mol. The van der Waals surface area contributed by atoms with Crippen molar-refractivity contribution in [1.82, 2.24) is 20.3 Å². The van der Waals surface area contributed by atoms with E-state index in [0.717, 1.165) is 25.2 Å². The van der Waals surface area contributed by atoms with E-state index in [0.29, 0.717) is 0 Å². The fourth-order valence-corrected chi connectivity index (χ4v) is 0.943. The number of aromatic nitrogens is 3. The Hall–Kier alpha value is -0.940. The van der Waals surface area contributed by atoms with E-state index in [2.05, 4.69) is 15.6 Å². The van der Waals surface area contributed by atoms with E-state index >= 15 is 0 Å². The highest BCUT2D eigenvalue weighted by Gasteiger charge is 1.97. The Labute approximate surface area is 71.4 Å². The average Bonchev–Trinajstić information content (AvgIpc) is 2.50. The zero-order valence-electron chi connectivity index (χ0n) is 7.19. The summed E-state index contributed by atoms with van der Waals surface area (Å²) in [5.74, 6) is 0. The van der Waals surface area contributed by atoms with Crippen LogP contribution in [0.1, 0.15) is 12.1 Å². The van der Waals surface area contributed by atoms with Crippen LogP contribution in [0.2, 0.25) is 0 Å². The third-order valence-electron chi connectivity index (χ3n) is 1.49. The SMILES string of the molecule is CNCc1cn(CCCO)nn1. The predicted octanol–water partition coefficient (Wildman–Crippen LogP) is -0.620. The number of nitrogens with one attached hydrogen (secondary N) is 1. The van der Waals surface area contributed by atoms with Crippen LogP contribution in [-0.2, 0) is 13.1 Å². The van der Waals surface area contributed by atoms with Crippen molar-refractivity contribution >= 4 is 0 Å². The minimum absolute atomic E-state index is 0.196. The molecular formula is C7H14N4O. The van der Waals surface area contributed by atoms with Crippen LogP contribution in [0.3, 0.4) is 0 Å². The maximum atomic E-state index is 8.56. The summed E-state index contributed by atoms with van der Waals surface area (Å²) in [6, 6.07) is 0. The lowest BCUT2D eigenvalue weighted by Crippen LogP contribution is -2.05. The van der Waals surface area contributed by atoms with Crippen LogP contribution in [-0.4, -0.2) is 33.8 Å². The largest absolute Gasteiger partial charge is 0.396 e. The van der Waals surface area contributed by atoms with Gasteiger partial charge in [-0.2, -0.15) is 0 Å². The Balaban J connectivity index is 2.41. The molecule has 0 radical (unpaired) electrons. The maximum Gasteiger partial charge on any atom is 0.0964 e. The first kappa shape index (κ1) is 9.15. The van der Waals surface area contributed by atoms with Crippen LogP contribution in [0.25, 0.3) is 0 Å².